The molecule has 1 aromatic carbocycles. The second-order valence-electron chi connectivity index (χ2n) is 6.42. The van der Waals surface area contributed by atoms with Gasteiger partial charge in [-0.15, -0.1) is 0 Å². The van der Waals surface area contributed by atoms with Gasteiger partial charge in [-0.25, -0.2) is 0 Å². The van der Waals surface area contributed by atoms with Crippen LogP contribution in [0.1, 0.15) is 30.4 Å². The first-order chi connectivity index (χ1) is 10.6. The Bertz CT molecular complexity index is 652. The largest absolute Gasteiger partial charge is 0.491 e. The highest BCUT2D eigenvalue weighted by Crippen LogP contribution is 2.37. The van der Waals surface area contributed by atoms with Crippen molar-refractivity contribution in [1.82, 2.24) is 4.90 Å². The first-order valence-electron chi connectivity index (χ1n) is 7.97. The molecule has 3 aliphatic rings. The number of hydrogen-bond acceptors (Lipinski definition) is 3. The maximum Gasteiger partial charge on any atom is 0.230 e. The maximum absolute atomic E-state index is 12.3. The molecule has 0 spiro atoms. The number of ether oxygens (including phenoxy) is 1. The van der Waals surface area contributed by atoms with Crippen LogP contribution >= 0.6 is 0 Å². The van der Waals surface area contributed by atoms with Crippen LogP contribution in [0.15, 0.2) is 12.1 Å². The lowest BCUT2D eigenvalue weighted by Gasteiger charge is -2.30. The van der Waals surface area contributed by atoms with Gasteiger partial charge in [-0.2, -0.15) is 0 Å². The molecular formula is C17H20N2O3. The molecule has 2 aliphatic heterocycles. The molecule has 4 rings (SSSR count). The van der Waals surface area contributed by atoms with Crippen LogP contribution in [0.2, 0.25) is 0 Å². The van der Waals surface area contributed by atoms with Crippen molar-refractivity contribution in [2.24, 2.45) is 5.92 Å². The molecule has 1 aliphatic carbocycles. The van der Waals surface area contributed by atoms with Crippen molar-refractivity contribution in [2.75, 3.05) is 25.1 Å². The van der Waals surface area contributed by atoms with Gasteiger partial charge in [-0.1, -0.05) is 0 Å². The zero-order chi connectivity index (χ0) is 15.3. The zero-order valence-corrected chi connectivity index (χ0v) is 12.8. The van der Waals surface area contributed by atoms with Crippen molar-refractivity contribution in [1.29, 1.82) is 0 Å². The van der Waals surface area contributed by atoms with Crippen molar-refractivity contribution in [3.63, 3.8) is 0 Å². The van der Waals surface area contributed by atoms with E-state index in [9.17, 15) is 9.59 Å². The van der Waals surface area contributed by atoms with Gasteiger partial charge in [0.2, 0.25) is 11.8 Å². The number of nitrogens with zero attached hydrogens (tertiary/aromatic N) is 2. The summed E-state index contributed by atoms with van der Waals surface area (Å²) in [6, 6.07) is 4.08. The summed E-state index contributed by atoms with van der Waals surface area (Å²) in [7, 11) is 1.79. The first-order valence-corrected chi connectivity index (χ1v) is 7.97. The Labute approximate surface area is 129 Å². The summed E-state index contributed by atoms with van der Waals surface area (Å²) in [4.78, 5) is 27.9. The van der Waals surface area contributed by atoms with Gasteiger partial charge in [0.25, 0.3) is 0 Å². The van der Waals surface area contributed by atoms with Crippen LogP contribution in [0, 0.1) is 5.92 Å². The van der Waals surface area contributed by atoms with Gasteiger partial charge in [0.1, 0.15) is 5.75 Å². The Morgan fingerprint density at radius 1 is 1.23 bits per heavy atom. The molecule has 116 valence electrons. The van der Waals surface area contributed by atoms with Gasteiger partial charge in [0, 0.05) is 26.1 Å². The monoisotopic (exact) mass is 300 g/mol. The van der Waals surface area contributed by atoms with Crippen LogP contribution in [0.4, 0.5) is 5.69 Å². The van der Waals surface area contributed by atoms with Crippen LogP contribution in [-0.4, -0.2) is 36.9 Å². The minimum atomic E-state index is 0.0698. The Balaban J connectivity index is 1.66. The Morgan fingerprint density at radius 2 is 2.05 bits per heavy atom. The molecule has 0 aromatic heterocycles. The van der Waals surface area contributed by atoms with Gasteiger partial charge >= 0.3 is 0 Å². The molecule has 0 saturated heterocycles. The number of rotatable bonds is 1. The van der Waals surface area contributed by atoms with Crippen LogP contribution in [-0.2, 0) is 22.6 Å². The van der Waals surface area contributed by atoms with E-state index in [1.165, 1.54) is 5.56 Å². The third kappa shape index (κ3) is 2.25. The normalized spacial score (nSPS) is 20.9. The summed E-state index contributed by atoms with van der Waals surface area (Å²) < 4.78 is 5.73. The molecule has 1 fully saturated rings. The molecule has 2 amide bonds. The lowest BCUT2D eigenvalue weighted by molar-refractivity contribution is -0.133. The molecule has 5 nitrogen and oxygen atoms in total. The maximum atomic E-state index is 12.3. The number of anilines is 1. The van der Waals surface area contributed by atoms with Gasteiger partial charge in [-0.3, -0.25) is 9.59 Å². The van der Waals surface area contributed by atoms with Crippen LogP contribution in [0.5, 0.6) is 5.75 Å². The minimum Gasteiger partial charge on any atom is -0.491 e. The minimum absolute atomic E-state index is 0.0698. The van der Waals surface area contributed by atoms with E-state index in [4.69, 9.17) is 4.74 Å². The Morgan fingerprint density at radius 3 is 2.82 bits per heavy atom. The number of hydrogen-bond donors (Lipinski definition) is 0. The summed E-state index contributed by atoms with van der Waals surface area (Å²) in [6.07, 6.45) is 3.35. The van der Waals surface area contributed by atoms with Crippen LogP contribution in [0.25, 0.3) is 0 Å². The Hall–Kier alpha value is -2.04. The van der Waals surface area contributed by atoms with Gasteiger partial charge in [0.15, 0.2) is 0 Å². The summed E-state index contributed by atoms with van der Waals surface area (Å²) in [5, 5.41) is 0. The van der Waals surface area contributed by atoms with E-state index in [0.717, 1.165) is 42.8 Å². The SMILES string of the molecule is CN1C(=O)CCOc2cc3c(cc21)CN(C(=O)C1CC1)CC3. The van der Waals surface area contributed by atoms with E-state index >= 15 is 0 Å². The summed E-state index contributed by atoms with van der Waals surface area (Å²) in [5.41, 5.74) is 3.20. The predicted octanol–water partition coefficient (Wildman–Crippen LogP) is 1.73. The molecule has 22 heavy (non-hydrogen) atoms. The number of carbonyl (C=O) groups excluding carboxylic acids is 2. The van der Waals surface area contributed by atoms with E-state index < -0.39 is 0 Å². The summed E-state index contributed by atoms with van der Waals surface area (Å²) in [5.74, 6) is 1.41. The van der Waals surface area contributed by atoms with Crippen molar-refractivity contribution < 1.29 is 14.3 Å². The van der Waals surface area contributed by atoms with Crippen molar-refractivity contribution in [3.8, 4) is 5.75 Å². The highest BCUT2D eigenvalue weighted by molar-refractivity contribution is 5.95. The van der Waals surface area contributed by atoms with Crippen LogP contribution in [0.3, 0.4) is 0 Å². The first kappa shape index (κ1) is 13.6. The average molecular weight is 300 g/mol. The third-order valence-corrected chi connectivity index (χ3v) is 4.84. The molecule has 0 atom stereocenters. The third-order valence-electron chi connectivity index (χ3n) is 4.84. The van der Waals surface area contributed by atoms with Gasteiger partial charge in [-0.05, 0) is 42.5 Å². The van der Waals surface area contributed by atoms with Gasteiger partial charge in [0.05, 0.1) is 18.7 Å². The molecule has 0 N–H and O–H groups in total. The molecule has 0 bridgehead atoms. The van der Waals surface area contributed by atoms with E-state index in [1.807, 2.05) is 11.0 Å². The predicted molar refractivity (Wildman–Crippen MR) is 81.8 cm³/mol. The van der Waals surface area contributed by atoms with Crippen molar-refractivity contribution in [3.05, 3.63) is 23.3 Å². The number of benzene rings is 1. The highest BCUT2D eigenvalue weighted by Gasteiger charge is 2.35. The standard InChI is InChI=1S/C17H20N2O3/c1-18-14-8-13-10-19(17(21)11-2-3-11)6-4-12(13)9-15(14)22-7-5-16(18)20/h8-9,11H,2-7,10H2,1H3. The Kier molecular flexibility index (Phi) is 3.10. The van der Waals surface area contributed by atoms with E-state index in [-0.39, 0.29) is 11.8 Å². The highest BCUT2D eigenvalue weighted by atomic mass is 16.5. The number of fused-ring (bicyclic) bond motifs is 2. The number of carbonyl (C=O) groups is 2. The summed E-state index contributed by atoms with van der Waals surface area (Å²) >= 11 is 0. The molecule has 5 heteroatoms. The lowest BCUT2D eigenvalue weighted by Crippen LogP contribution is -2.37. The molecule has 2 heterocycles. The van der Waals surface area contributed by atoms with Crippen LogP contribution < -0.4 is 9.64 Å². The fourth-order valence-electron chi connectivity index (χ4n) is 3.28. The van der Waals surface area contributed by atoms with E-state index in [2.05, 4.69) is 6.07 Å². The van der Waals surface area contributed by atoms with Gasteiger partial charge < -0.3 is 14.5 Å². The molecule has 0 unspecified atom stereocenters. The van der Waals surface area contributed by atoms with E-state index in [0.29, 0.717) is 25.5 Å². The lowest BCUT2D eigenvalue weighted by atomic mass is 9.97. The molecule has 1 saturated carbocycles. The fourth-order valence-corrected chi connectivity index (χ4v) is 3.28. The molecule has 1 aromatic rings. The number of amides is 2. The summed E-state index contributed by atoms with van der Waals surface area (Å²) in [6.45, 7) is 1.87. The van der Waals surface area contributed by atoms with Crippen molar-refractivity contribution >= 4 is 17.5 Å². The second kappa shape index (κ2) is 5.00. The average Bonchev–Trinajstić information content (AvgIpc) is 3.36. The second-order valence-corrected chi connectivity index (χ2v) is 6.42. The topological polar surface area (TPSA) is 49.9 Å². The molecular weight excluding hydrogens is 280 g/mol. The van der Waals surface area contributed by atoms with Crippen molar-refractivity contribution in [2.45, 2.75) is 32.2 Å². The smallest absolute Gasteiger partial charge is 0.230 e. The zero-order valence-electron chi connectivity index (χ0n) is 12.8. The quantitative estimate of drug-likeness (QED) is 0.793. The molecule has 0 radical (unpaired) electrons. The van der Waals surface area contributed by atoms with E-state index in [1.54, 1.807) is 11.9 Å². The fraction of sp³-hybridized carbons (Fsp3) is 0.529.